The summed E-state index contributed by atoms with van der Waals surface area (Å²) in [5.41, 5.74) is 8.02. The smallest absolute Gasteiger partial charge is 0.230 e. The van der Waals surface area contributed by atoms with E-state index in [1.807, 2.05) is 60.0 Å². The van der Waals surface area contributed by atoms with Crippen LogP contribution >= 0.6 is 0 Å². The molecule has 2 aromatic heterocycles. The normalized spacial score (nSPS) is 11.0. The van der Waals surface area contributed by atoms with Crippen molar-refractivity contribution < 1.29 is 4.79 Å². The molecule has 0 fully saturated rings. The van der Waals surface area contributed by atoms with Gasteiger partial charge < -0.3 is 9.72 Å². The Balaban J connectivity index is 1.78. The third kappa shape index (κ3) is 3.41. The first-order valence-corrected chi connectivity index (χ1v) is 9.42. The van der Waals surface area contributed by atoms with Gasteiger partial charge in [0, 0.05) is 17.4 Å². The number of hydrogen-bond donors (Lipinski definition) is 1. The average molecular weight is 369 g/mol. The van der Waals surface area contributed by atoms with Gasteiger partial charge in [-0.15, -0.1) is 0 Å². The molecule has 4 rings (SSSR count). The van der Waals surface area contributed by atoms with Crippen LogP contribution in [0.3, 0.4) is 0 Å². The van der Waals surface area contributed by atoms with E-state index in [4.69, 9.17) is 4.98 Å². The molecular weight excluding hydrogens is 346 g/mol. The summed E-state index contributed by atoms with van der Waals surface area (Å²) in [5.74, 6) is -0.0559. The minimum absolute atomic E-state index is 0.0559. The second kappa shape index (κ2) is 7.31. The molecule has 1 amide bonds. The number of nitrogens with zero attached hydrogens (tertiary/aromatic N) is 2. The minimum atomic E-state index is -0.0559. The summed E-state index contributed by atoms with van der Waals surface area (Å²) < 4.78 is 2.03. The van der Waals surface area contributed by atoms with Gasteiger partial charge in [0.25, 0.3) is 0 Å². The number of nitrogens with one attached hydrogen (secondary N) is 1. The number of rotatable bonds is 4. The van der Waals surface area contributed by atoms with E-state index in [2.05, 4.69) is 37.4 Å². The lowest BCUT2D eigenvalue weighted by molar-refractivity contribution is -0.115. The Morgan fingerprint density at radius 2 is 1.71 bits per heavy atom. The van der Waals surface area contributed by atoms with E-state index < -0.39 is 0 Å². The third-order valence-corrected chi connectivity index (χ3v) is 5.11. The number of amides is 1. The van der Waals surface area contributed by atoms with Crippen LogP contribution in [0.15, 0.2) is 66.9 Å². The molecule has 2 aromatic carbocycles. The van der Waals surface area contributed by atoms with Crippen LogP contribution in [0.25, 0.3) is 16.9 Å². The highest BCUT2D eigenvalue weighted by molar-refractivity contribution is 5.93. The molecule has 0 atom stereocenters. The van der Waals surface area contributed by atoms with Crippen LogP contribution in [0, 0.1) is 20.8 Å². The van der Waals surface area contributed by atoms with Gasteiger partial charge in [0.1, 0.15) is 5.65 Å². The zero-order chi connectivity index (χ0) is 19.7. The number of aromatic nitrogens is 2. The monoisotopic (exact) mass is 369 g/mol. The van der Waals surface area contributed by atoms with E-state index in [0.717, 1.165) is 33.8 Å². The van der Waals surface area contributed by atoms with Gasteiger partial charge in [-0.25, -0.2) is 4.98 Å². The number of imidazole rings is 1. The fourth-order valence-electron chi connectivity index (χ4n) is 3.42. The van der Waals surface area contributed by atoms with Crippen molar-refractivity contribution in [3.8, 4) is 11.3 Å². The molecule has 0 unspecified atom stereocenters. The SMILES string of the molecule is Cc1ccc(-c2nc3c(C)cccn3c2CC(=O)Nc2ccccc2)cc1C. The molecule has 4 aromatic rings. The maximum absolute atomic E-state index is 12.8. The summed E-state index contributed by atoms with van der Waals surface area (Å²) in [6, 6.07) is 19.9. The quantitative estimate of drug-likeness (QED) is 0.543. The molecular formula is C24H23N3O. The number of anilines is 1. The van der Waals surface area contributed by atoms with Gasteiger partial charge >= 0.3 is 0 Å². The van der Waals surface area contributed by atoms with Crippen LogP contribution in [0.2, 0.25) is 0 Å². The molecule has 4 nitrogen and oxygen atoms in total. The van der Waals surface area contributed by atoms with Gasteiger partial charge in [-0.3, -0.25) is 4.79 Å². The summed E-state index contributed by atoms with van der Waals surface area (Å²) in [5, 5.41) is 2.98. The van der Waals surface area contributed by atoms with Gasteiger partial charge in [-0.2, -0.15) is 0 Å². The van der Waals surface area contributed by atoms with Crippen LogP contribution in [-0.2, 0) is 11.2 Å². The molecule has 2 heterocycles. The van der Waals surface area contributed by atoms with Crippen LogP contribution in [0.5, 0.6) is 0 Å². The van der Waals surface area contributed by atoms with Gasteiger partial charge in [0.15, 0.2) is 0 Å². The van der Waals surface area contributed by atoms with Gasteiger partial charge in [-0.1, -0.05) is 36.4 Å². The first kappa shape index (κ1) is 18.0. The first-order valence-electron chi connectivity index (χ1n) is 9.42. The molecule has 0 spiro atoms. The number of para-hydroxylation sites is 1. The van der Waals surface area contributed by atoms with Crippen LogP contribution < -0.4 is 5.32 Å². The maximum Gasteiger partial charge on any atom is 0.230 e. The summed E-state index contributed by atoms with van der Waals surface area (Å²) in [4.78, 5) is 17.7. The second-order valence-electron chi connectivity index (χ2n) is 7.18. The summed E-state index contributed by atoms with van der Waals surface area (Å²) in [7, 11) is 0. The number of pyridine rings is 1. The zero-order valence-corrected chi connectivity index (χ0v) is 16.4. The molecule has 1 N–H and O–H groups in total. The Bertz CT molecular complexity index is 1160. The van der Waals surface area contributed by atoms with Crippen molar-refractivity contribution >= 4 is 17.2 Å². The van der Waals surface area contributed by atoms with Crippen molar-refractivity contribution in [1.29, 1.82) is 0 Å². The second-order valence-corrected chi connectivity index (χ2v) is 7.18. The van der Waals surface area contributed by atoms with E-state index >= 15 is 0 Å². The molecule has 0 saturated carbocycles. The standard InChI is InChI=1S/C24H23N3O/c1-16-11-12-19(14-18(16)3)23-21(27-13-7-8-17(2)24(27)26-23)15-22(28)25-20-9-5-4-6-10-20/h4-14H,15H2,1-3H3,(H,25,28). The topological polar surface area (TPSA) is 46.4 Å². The summed E-state index contributed by atoms with van der Waals surface area (Å²) in [6.07, 6.45) is 2.23. The van der Waals surface area contributed by atoms with Gasteiger partial charge in [-0.05, 0) is 61.7 Å². The van der Waals surface area contributed by atoms with Gasteiger partial charge in [0.05, 0.1) is 17.8 Å². The molecule has 0 aliphatic rings. The molecule has 0 aliphatic carbocycles. The van der Waals surface area contributed by atoms with Crippen molar-refractivity contribution in [2.45, 2.75) is 27.2 Å². The van der Waals surface area contributed by atoms with Crippen LogP contribution in [0.4, 0.5) is 5.69 Å². The van der Waals surface area contributed by atoms with Crippen LogP contribution in [-0.4, -0.2) is 15.3 Å². The minimum Gasteiger partial charge on any atom is -0.326 e. The Morgan fingerprint density at radius 1 is 0.929 bits per heavy atom. The summed E-state index contributed by atoms with van der Waals surface area (Å²) >= 11 is 0. The highest BCUT2D eigenvalue weighted by Gasteiger charge is 2.18. The molecule has 28 heavy (non-hydrogen) atoms. The molecule has 0 saturated heterocycles. The maximum atomic E-state index is 12.8. The molecule has 4 heteroatoms. The largest absolute Gasteiger partial charge is 0.326 e. The number of fused-ring (bicyclic) bond motifs is 1. The Labute approximate surface area is 164 Å². The predicted octanol–water partition coefficient (Wildman–Crippen LogP) is 5.11. The van der Waals surface area contributed by atoms with Crippen molar-refractivity contribution in [3.63, 3.8) is 0 Å². The fraction of sp³-hybridized carbons (Fsp3) is 0.167. The van der Waals surface area contributed by atoms with E-state index in [1.54, 1.807) is 0 Å². The number of carbonyl (C=O) groups is 1. The van der Waals surface area contributed by atoms with E-state index in [1.165, 1.54) is 11.1 Å². The highest BCUT2D eigenvalue weighted by atomic mass is 16.1. The first-order chi connectivity index (χ1) is 13.5. The van der Waals surface area contributed by atoms with Crippen molar-refractivity contribution in [2.75, 3.05) is 5.32 Å². The molecule has 140 valence electrons. The average Bonchev–Trinajstić information content (AvgIpc) is 3.04. The Hall–Kier alpha value is -3.40. The van der Waals surface area contributed by atoms with Gasteiger partial charge in [0.2, 0.25) is 5.91 Å². The van der Waals surface area contributed by atoms with Crippen molar-refractivity contribution in [2.24, 2.45) is 0 Å². The Morgan fingerprint density at radius 3 is 2.46 bits per heavy atom. The zero-order valence-electron chi connectivity index (χ0n) is 16.4. The third-order valence-electron chi connectivity index (χ3n) is 5.11. The lowest BCUT2D eigenvalue weighted by atomic mass is 10.0. The molecule has 0 radical (unpaired) electrons. The van der Waals surface area contributed by atoms with E-state index in [-0.39, 0.29) is 12.3 Å². The summed E-state index contributed by atoms with van der Waals surface area (Å²) in [6.45, 7) is 6.24. The molecule has 0 aliphatic heterocycles. The lowest BCUT2D eigenvalue weighted by Crippen LogP contribution is -2.16. The number of aryl methyl sites for hydroxylation is 3. The predicted molar refractivity (Wildman–Crippen MR) is 114 cm³/mol. The molecule has 0 bridgehead atoms. The fourth-order valence-corrected chi connectivity index (χ4v) is 3.42. The number of hydrogen-bond acceptors (Lipinski definition) is 2. The van der Waals surface area contributed by atoms with Crippen molar-refractivity contribution in [3.05, 3.63) is 89.2 Å². The number of benzene rings is 2. The number of carbonyl (C=O) groups excluding carboxylic acids is 1. The highest BCUT2D eigenvalue weighted by Crippen LogP contribution is 2.28. The van der Waals surface area contributed by atoms with E-state index in [0.29, 0.717) is 0 Å². The van der Waals surface area contributed by atoms with E-state index in [9.17, 15) is 4.79 Å². The van der Waals surface area contributed by atoms with Crippen LogP contribution in [0.1, 0.15) is 22.4 Å². The Kier molecular flexibility index (Phi) is 4.70. The van der Waals surface area contributed by atoms with Crippen molar-refractivity contribution in [1.82, 2.24) is 9.38 Å². The lowest BCUT2D eigenvalue weighted by Gasteiger charge is -2.09.